The summed E-state index contributed by atoms with van der Waals surface area (Å²) in [6.07, 6.45) is 0.946. The number of hydrogen-bond donors (Lipinski definition) is 3. The Morgan fingerprint density at radius 1 is 1.35 bits per heavy atom. The van der Waals surface area contributed by atoms with Crippen molar-refractivity contribution in [3.63, 3.8) is 0 Å². The Kier molecular flexibility index (Phi) is 7.01. The maximum absolute atomic E-state index is 13.0. The van der Waals surface area contributed by atoms with E-state index in [1.807, 2.05) is 30.3 Å². The van der Waals surface area contributed by atoms with Gasteiger partial charge in [0.25, 0.3) is 5.91 Å². The monoisotopic (exact) mass is 454 g/mol. The summed E-state index contributed by atoms with van der Waals surface area (Å²) in [7, 11) is -2.25. The van der Waals surface area contributed by atoms with Crippen LogP contribution in [0.2, 0.25) is 0 Å². The highest BCUT2D eigenvalue weighted by Crippen LogP contribution is 2.43. The van der Waals surface area contributed by atoms with Gasteiger partial charge in [0.05, 0.1) is 18.9 Å². The molecular formula is C20H30N4O6S. The zero-order chi connectivity index (χ0) is 22.8. The first-order chi connectivity index (χ1) is 14.6. The predicted molar refractivity (Wildman–Crippen MR) is 113 cm³/mol. The van der Waals surface area contributed by atoms with Gasteiger partial charge in [0.1, 0.15) is 18.2 Å². The number of hydroxylamine groups is 2. The van der Waals surface area contributed by atoms with Crippen LogP contribution in [-0.2, 0) is 31.1 Å². The Morgan fingerprint density at radius 2 is 2.03 bits per heavy atom. The summed E-state index contributed by atoms with van der Waals surface area (Å²) in [4.78, 5) is 30.5. The molecule has 31 heavy (non-hydrogen) atoms. The number of likely N-dealkylation sites (N-methyl/N-ethyl adjacent to an activating group) is 1. The van der Waals surface area contributed by atoms with Crippen molar-refractivity contribution in [1.82, 2.24) is 20.0 Å². The number of β-lactam (4-membered cyclic amide) rings is 1. The van der Waals surface area contributed by atoms with E-state index in [1.54, 1.807) is 0 Å². The van der Waals surface area contributed by atoms with Crippen LogP contribution in [0.3, 0.4) is 0 Å². The van der Waals surface area contributed by atoms with Crippen LogP contribution in [0.25, 0.3) is 0 Å². The van der Waals surface area contributed by atoms with Crippen molar-refractivity contribution in [2.24, 2.45) is 0 Å². The molecule has 10 nitrogen and oxygen atoms in total. The minimum Gasteiger partial charge on any atom is -0.391 e. The van der Waals surface area contributed by atoms with Gasteiger partial charge in [-0.15, -0.1) is 0 Å². The average molecular weight is 455 g/mol. The summed E-state index contributed by atoms with van der Waals surface area (Å²) in [6.45, 7) is 1.98. The van der Waals surface area contributed by atoms with Gasteiger partial charge in [-0.25, -0.2) is 13.5 Å². The van der Waals surface area contributed by atoms with Crippen molar-refractivity contribution in [2.75, 3.05) is 26.4 Å². The predicted octanol–water partition coefficient (Wildman–Crippen LogP) is -0.792. The highest BCUT2D eigenvalue weighted by molar-refractivity contribution is 7.88. The molecule has 2 saturated heterocycles. The van der Waals surface area contributed by atoms with Crippen molar-refractivity contribution in [3.8, 4) is 0 Å². The molecule has 11 heteroatoms. The second kappa shape index (κ2) is 9.21. The molecule has 4 atom stereocenters. The van der Waals surface area contributed by atoms with Gasteiger partial charge in [-0.2, -0.15) is 4.31 Å². The SMILES string of the molecule is CNC(=O)[C@@H](NCC1CCC2(CN(OCc3ccccc3)C2=O)N1S(C)(=O)=O)[C@@H](C)O. The minimum absolute atomic E-state index is 0.135. The standard InChI is InChI=1S/C20H30N4O6S/c1-14(25)17(18(26)21-2)22-11-16-9-10-20(24(16)31(3,28)29)13-23(19(20)27)30-12-15-7-5-4-6-8-15/h4-8,14,16-17,22,25H,9-13H2,1-3H3,(H,21,26)/t14-,16?,17+,20?/m1/s1. The molecule has 3 rings (SSSR count). The highest BCUT2D eigenvalue weighted by atomic mass is 32.2. The Morgan fingerprint density at radius 3 is 2.58 bits per heavy atom. The van der Waals surface area contributed by atoms with Crippen LogP contribution in [0.1, 0.15) is 25.3 Å². The smallest absolute Gasteiger partial charge is 0.269 e. The molecule has 2 unspecified atom stereocenters. The number of benzene rings is 1. The van der Waals surface area contributed by atoms with E-state index in [9.17, 15) is 23.1 Å². The first-order valence-electron chi connectivity index (χ1n) is 10.2. The quantitative estimate of drug-likeness (QED) is 0.417. The molecule has 3 N–H and O–H groups in total. The van der Waals surface area contributed by atoms with Crippen LogP contribution in [0.4, 0.5) is 0 Å². The van der Waals surface area contributed by atoms with Crippen LogP contribution in [0.15, 0.2) is 30.3 Å². The largest absolute Gasteiger partial charge is 0.391 e. The number of carbonyl (C=O) groups excluding carboxylic acids is 2. The molecule has 2 heterocycles. The molecule has 2 fully saturated rings. The number of amides is 2. The van der Waals surface area contributed by atoms with E-state index in [-0.39, 0.29) is 25.6 Å². The summed E-state index contributed by atoms with van der Waals surface area (Å²) in [5.74, 6) is -0.774. The lowest BCUT2D eigenvalue weighted by atomic mass is 9.89. The van der Waals surface area contributed by atoms with Gasteiger partial charge in [0.15, 0.2) is 0 Å². The van der Waals surface area contributed by atoms with Gasteiger partial charge in [0.2, 0.25) is 15.9 Å². The van der Waals surface area contributed by atoms with Crippen LogP contribution in [-0.4, -0.2) is 84.8 Å². The minimum atomic E-state index is -3.71. The van der Waals surface area contributed by atoms with Gasteiger partial charge < -0.3 is 15.7 Å². The number of aliphatic hydroxyl groups excluding tert-OH is 1. The molecule has 1 spiro atoms. The third kappa shape index (κ3) is 4.75. The van der Waals surface area contributed by atoms with E-state index in [4.69, 9.17) is 4.84 Å². The van der Waals surface area contributed by atoms with Crippen molar-refractivity contribution < 1.29 is 28.0 Å². The summed E-state index contributed by atoms with van der Waals surface area (Å²) in [6, 6.07) is 7.99. The molecule has 2 amide bonds. The molecule has 0 bridgehead atoms. The zero-order valence-electron chi connectivity index (χ0n) is 17.9. The van der Waals surface area contributed by atoms with E-state index in [0.717, 1.165) is 11.8 Å². The summed E-state index contributed by atoms with van der Waals surface area (Å²) < 4.78 is 26.5. The number of carbonyl (C=O) groups is 2. The van der Waals surface area contributed by atoms with Crippen LogP contribution in [0, 0.1) is 0 Å². The molecule has 2 aliphatic heterocycles. The summed E-state index contributed by atoms with van der Waals surface area (Å²) >= 11 is 0. The normalized spacial score (nSPS) is 26.0. The Labute approximate surface area is 182 Å². The molecule has 172 valence electrons. The van der Waals surface area contributed by atoms with Crippen molar-refractivity contribution >= 4 is 21.8 Å². The topological polar surface area (TPSA) is 128 Å². The number of nitrogens with zero attached hydrogens (tertiary/aromatic N) is 2. The molecule has 0 aromatic heterocycles. The fourth-order valence-electron chi connectivity index (χ4n) is 4.36. The molecule has 0 radical (unpaired) electrons. The first kappa shape index (κ1) is 23.6. The van der Waals surface area contributed by atoms with E-state index in [0.29, 0.717) is 12.8 Å². The van der Waals surface area contributed by atoms with Crippen molar-refractivity contribution in [2.45, 2.75) is 50.1 Å². The molecule has 0 saturated carbocycles. The van der Waals surface area contributed by atoms with E-state index >= 15 is 0 Å². The average Bonchev–Trinajstić information content (AvgIpc) is 3.13. The van der Waals surface area contributed by atoms with E-state index < -0.39 is 39.7 Å². The highest BCUT2D eigenvalue weighted by Gasteiger charge is 2.64. The molecule has 0 aliphatic carbocycles. The Bertz CT molecular complexity index is 910. The number of sulfonamides is 1. The van der Waals surface area contributed by atoms with Gasteiger partial charge in [-0.05, 0) is 25.3 Å². The third-order valence-corrected chi connectivity index (χ3v) is 7.21. The maximum Gasteiger partial charge on any atom is 0.269 e. The van der Waals surface area contributed by atoms with Crippen molar-refractivity contribution in [3.05, 3.63) is 35.9 Å². The lowest BCUT2D eigenvalue weighted by Crippen LogP contribution is -2.73. The number of nitrogens with one attached hydrogen (secondary N) is 2. The van der Waals surface area contributed by atoms with Gasteiger partial charge in [-0.1, -0.05) is 30.3 Å². The van der Waals surface area contributed by atoms with Crippen LogP contribution < -0.4 is 10.6 Å². The summed E-state index contributed by atoms with van der Waals surface area (Å²) in [5, 5.41) is 16.5. The van der Waals surface area contributed by atoms with Gasteiger partial charge in [0, 0.05) is 19.6 Å². The first-order valence-corrected chi connectivity index (χ1v) is 12.1. The van der Waals surface area contributed by atoms with Crippen molar-refractivity contribution in [1.29, 1.82) is 0 Å². The molecule has 1 aromatic rings. The maximum atomic E-state index is 13.0. The van der Waals surface area contributed by atoms with Gasteiger partial charge >= 0.3 is 0 Å². The molecular weight excluding hydrogens is 424 g/mol. The molecule has 2 aliphatic rings. The number of hydrogen-bond acceptors (Lipinski definition) is 7. The fourth-order valence-corrected chi connectivity index (χ4v) is 5.94. The number of rotatable bonds is 9. The fraction of sp³-hybridized carbons (Fsp3) is 0.600. The summed E-state index contributed by atoms with van der Waals surface area (Å²) in [5.41, 5.74) is -0.257. The lowest BCUT2D eigenvalue weighted by Gasteiger charge is -2.49. The van der Waals surface area contributed by atoms with Crippen LogP contribution >= 0.6 is 0 Å². The van der Waals surface area contributed by atoms with Gasteiger partial charge in [-0.3, -0.25) is 14.4 Å². The third-order valence-electron chi connectivity index (χ3n) is 5.85. The van der Waals surface area contributed by atoms with E-state index in [2.05, 4.69) is 10.6 Å². The van der Waals surface area contributed by atoms with Crippen LogP contribution in [0.5, 0.6) is 0 Å². The second-order valence-corrected chi connectivity index (χ2v) is 9.98. The zero-order valence-corrected chi connectivity index (χ0v) is 18.8. The molecule has 1 aromatic carbocycles. The number of aliphatic hydroxyl groups is 1. The van der Waals surface area contributed by atoms with E-state index in [1.165, 1.54) is 23.3 Å². The Balaban J connectivity index is 1.68. The lowest BCUT2D eigenvalue weighted by molar-refractivity contribution is -0.238. The Hall–Kier alpha value is -2.05. The second-order valence-electron chi connectivity index (χ2n) is 8.12.